The van der Waals surface area contributed by atoms with Crippen molar-refractivity contribution >= 4 is 0 Å². The van der Waals surface area contributed by atoms with Gasteiger partial charge in [0.1, 0.15) is 0 Å². The van der Waals surface area contributed by atoms with Gasteiger partial charge in [-0.25, -0.2) is 0 Å². The van der Waals surface area contributed by atoms with Gasteiger partial charge in [0.25, 0.3) is 0 Å². The molecule has 0 fully saturated rings. The van der Waals surface area contributed by atoms with Crippen molar-refractivity contribution in [3.05, 3.63) is 0 Å². The predicted octanol–water partition coefficient (Wildman–Crippen LogP) is 10.9. The van der Waals surface area contributed by atoms with E-state index in [1.54, 1.807) is 0 Å². The predicted molar refractivity (Wildman–Crippen MR) is 164 cm³/mol. The van der Waals surface area contributed by atoms with Gasteiger partial charge in [-0.2, -0.15) is 0 Å². The smallest absolute Gasteiger partial charge is 0.00218 e. The van der Waals surface area contributed by atoms with E-state index >= 15 is 0 Å². The van der Waals surface area contributed by atoms with Crippen molar-refractivity contribution in [3.63, 3.8) is 0 Å². The van der Waals surface area contributed by atoms with E-state index in [1.165, 1.54) is 180 Å². The van der Waals surface area contributed by atoms with Gasteiger partial charge in [0.2, 0.25) is 0 Å². The molecule has 0 amide bonds. The maximum absolute atomic E-state index is 3.57. The topological polar surface area (TPSA) is 15.3 Å². The molecule has 214 valence electrons. The van der Waals surface area contributed by atoms with Gasteiger partial charge in [-0.05, 0) is 58.9 Å². The van der Waals surface area contributed by atoms with E-state index < -0.39 is 0 Å². The molecule has 0 aromatic heterocycles. The first-order valence-electron chi connectivity index (χ1n) is 16.6. The summed E-state index contributed by atoms with van der Waals surface area (Å²) in [6, 6.07) is 0. The van der Waals surface area contributed by atoms with Crippen molar-refractivity contribution in [2.24, 2.45) is 0 Å². The van der Waals surface area contributed by atoms with Crippen molar-refractivity contribution in [3.8, 4) is 0 Å². The largest absolute Gasteiger partial charge is 0.317 e. The normalized spacial score (nSPS) is 11.1. The molecule has 0 aliphatic rings. The molecule has 1 N–H and O–H groups in total. The molecular formula is C33H72N2. The second kappa shape index (κ2) is 36.1. The fourth-order valence-electron chi connectivity index (χ4n) is 4.62. The third-order valence-corrected chi connectivity index (χ3v) is 7.20. The SMILES string of the molecule is CCCCCCCCN(C)CCCCCCCC.CCCCCCCCNCCCCCCCC. The highest BCUT2D eigenvalue weighted by Crippen LogP contribution is 2.08. The lowest BCUT2D eigenvalue weighted by Crippen LogP contribution is -2.20. The fraction of sp³-hybridized carbons (Fsp3) is 1.00. The molecule has 0 heterocycles. The second-order valence-corrected chi connectivity index (χ2v) is 11.1. The van der Waals surface area contributed by atoms with Crippen LogP contribution in [0.2, 0.25) is 0 Å². The molecule has 0 saturated carbocycles. The monoisotopic (exact) mass is 497 g/mol. The third kappa shape index (κ3) is 38.6. The summed E-state index contributed by atoms with van der Waals surface area (Å²) in [5, 5.41) is 3.57. The fourth-order valence-corrected chi connectivity index (χ4v) is 4.62. The van der Waals surface area contributed by atoms with Crippen molar-refractivity contribution in [1.82, 2.24) is 10.2 Å². The van der Waals surface area contributed by atoms with Crippen molar-refractivity contribution in [1.29, 1.82) is 0 Å². The van der Waals surface area contributed by atoms with Gasteiger partial charge in [0, 0.05) is 0 Å². The van der Waals surface area contributed by atoms with Gasteiger partial charge in [-0.3, -0.25) is 0 Å². The lowest BCUT2D eigenvalue weighted by atomic mass is 10.1. The molecule has 35 heavy (non-hydrogen) atoms. The van der Waals surface area contributed by atoms with Gasteiger partial charge in [0.05, 0.1) is 0 Å². The number of unbranched alkanes of at least 4 members (excludes halogenated alkanes) is 20. The number of nitrogens with one attached hydrogen (secondary N) is 1. The first-order valence-corrected chi connectivity index (χ1v) is 16.6. The molecule has 0 rings (SSSR count). The average Bonchev–Trinajstić information content (AvgIpc) is 2.87. The van der Waals surface area contributed by atoms with Crippen LogP contribution in [-0.2, 0) is 0 Å². The summed E-state index contributed by atoms with van der Waals surface area (Å²) in [7, 11) is 2.29. The Morgan fingerprint density at radius 2 is 0.600 bits per heavy atom. The maximum Gasteiger partial charge on any atom is -0.00218 e. The van der Waals surface area contributed by atoms with Crippen LogP contribution in [-0.4, -0.2) is 38.1 Å². The lowest BCUT2D eigenvalue weighted by Gasteiger charge is -2.16. The van der Waals surface area contributed by atoms with Crippen LogP contribution in [0.25, 0.3) is 0 Å². The van der Waals surface area contributed by atoms with Gasteiger partial charge in [-0.1, -0.05) is 156 Å². The van der Waals surface area contributed by atoms with Gasteiger partial charge in [-0.15, -0.1) is 0 Å². The Labute approximate surface area is 225 Å². The van der Waals surface area contributed by atoms with Crippen molar-refractivity contribution in [2.75, 3.05) is 33.2 Å². The summed E-state index contributed by atoms with van der Waals surface area (Å²) in [5.41, 5.74) is 0. The molecule has 2 heteroatoms. The Kier molecular flexibility index (Phi) is 38.2. The first-order chi connectivity index (χ1) is 17.2. The molecule has 0 spiro atoms. The molecule has 0 aliphatic heterocycles. The highest BCUT2D eigenvalue weighted by atomic mass is 15.1. The number of hydrogen-bond acceptors (Lipinski definition) is 2. The molecular weight excluding hydrogens is 424 g/mol. The van der Waals surface area contributed by atoms with Gasteiger partial charge in [0.15, 0.2) is 0 Å². The Morgan fingerprint density at radius 3 is 0.914 bits per heavy atom. The zero-order valence-corrected chi connectivity index (χ0v) is 25.7. The van der Waals surface area contributed by atoms with E-state index in [4.69, 9.17) is 0 Å². The lowest BCUT2D eigenvalue weighted by molar-refractivity contribution is 0.314. The Bertz CT molecular complexity index is 301. The Morgan fingerprint density at radius 1 is 0.343 bits per heavy atom. The van der Waals surface area contributed by atoms with E-state index in [2.05, 4.69) is 45.0 Å². The molecule has 0 saturated heterocycles. The quantitative estimate of drug-likeness (QED) is 0.108. The molecule has 0 bridgehead atoms. The highest BCUT2D eigenvalue weighted by molar-refractivity contribution is 4.54. The zero-order chi connectivity index (χ0) is 26.1. The highest BCUT2D eigenvalue weighted by Gasteiger charge is 1.98. The Hall–Kier alpha value is -0.0800. The summed E-state index contributed by atoms with van der Waals surface area (Å²) in [4.78, 5) is 2.53. The number of hydrogen-bond donors (Lipinski definition) is 1. The second-order valence-electron chi connectivity index (χ2n) is 11.1. The molecule has 0 aromatic carbocycles. The van der Waals surface area contributed by atoms with Crippen LogP contribution in [0.3, 0.4) is 0 Å². The molecule has 0 radical (unpaired) electrons. The summed E-state index contributed by atoms with van der Waals surface area (Å²) in [5.74, 6) is 0. The van der Waals surface area contributed by atoms with E-state index in [0.29, 0.717) is 0 Å². The third-order valence-electron chi connectivity index (χ3n) is 7.20. The van der Waals surface area contributed by atoms with Gasteiger partial charge < -0.3 is 10.2 Å². The van der Waals surface area contributed by atoms with Crippen molar-refractivity contribution in [2.45, 2.75) is 182 Å². The number of nitrogens with zero attached hydrogens (tertiary/aromatic N) is 1. The van der Waals surface area contributed by atoms with E-state index in [0.717, 1.165) is 0 Å². The van der Waals surface area contributed by atoms with E-state index in [1.807, 2.05) is 0 Å². The van der Waals surface area contributed by atoms with Crippen LogP contribution in [0, 0.1) is 0 Å². The van der Waals surface area contributed by atoms with E-state index in [9.17, 15) is 0 Å². The molecule has 0 aliphatic carbocycles. The van der Waals surface area contributed by atoms with Crippen LogP contribution in [0.4, 0.5) is 0 Å². The van der Waals surface area contributed by atoms with Gasteiger partial charge >= 0.3 is 0 Å². The minimum Gasteiger partial charge on any atom is -0.317 e. The molecule has 2 nitrogen and oxygen atoms in total. The summed E-state index contributed by atoms with van der Waals surface area (Å²) >= 11 is 0. The molecule has 0 atom stereocenters. The van der Waals surface area contributed by atoms with E-state index in [-0.39, 0.29) is 0 Å². The molecule has 0 aromatic rings. The molecule has 0 unspecified atom stereocenters. The first kappa shape index (κ1) is 37.1. The van der Waals surface area contributed by atoms with Crippen molar-refractivity contribution < 1.29 is 0 Å². The number of rotatable bonds is 28. The summed E-state index contributed by atoms with van der Waals surface area (Å²) < 4.78 is 0. The van der Waals surface area contributed by atoms with Crippen LogP contribution < -0.4 is 5.32 Å². The van der Waals surface area contributed by atoms with Crippen LogP contribution in [0.15, 0.2) is 0 Å². The average molecular weight is 497 g/mol. The Balaban J connectivity index is 0. The minimum absolute atomic E-state index is 1.24. The van der Waals surface area contributed by atoms with Crippen LogP contribution >= 0.6 is 0 Å². The standard InChI is InChI=1S/C17H37N.C16H35N/c1-4-6-8-10-12-14-16-18(3)17-15-13-11-9-7-5-2;1-3-5-7-9-11-13-15-17-16-14-12-10-8-6-4-2/h4-17H2,1-3H3;17H,3-16H2,1-2H3. The maximum atomic E-state index is 3.57. The minimum atomic E-state index is 1.24. The van der Waals surface area contributed by atoms with Crippen LogP contribution in [0.1, 0.15) is 182 Å². The summed E-state index contributed by atoms with van der Waals surface area (Å²) in [6.07, 6.45) is 33.9. The van der Waals surface area contributed by atoms with Crippen LogP contribution in [0.5, 0.6) is 0 Å². The summed E-state index contributed by atoms with van der Waals surface area (Å²) in [6.45, 7) is 14.2. The zero-order valence-electron chi connectivity index (χ0n) is 25.7.